The average molecular weight is 249 g/mol. The number of methoxy groups -OCH3 is 1. The lowest BCUT2D eigenvalue weighted by atomic mass is 10.2. The predicted molar refractivity (Wildman–Crippen MR) is 67.2 cm³/mol. The first kappa shape index (κ1) is 12.2. The highest BCUT2D eigenvalue weighted by Gasteiger charge is 2.18. The van der Waals surface area contributed by atoms with Gasteiger partial charge in [-0.3, -0.25) is 4.68 Å². The van der Waals surface area contributed by atoms with E-state index in [1.54, 1.807) is 30.8 Å². The number of ether oxygens (including phenoxy) is 2. The lowest BCUT2D eigenvalue weighted by molar-refractivity contribution is -0.148. The van der Waals surface area contributed by atoms with Gasteiger partial charge < -0.3 is 15.2 Å². The number of nitrogens with two attached hydrogens (primary N) is 1. The Balaban J connectivity index is 2.39. The number of hydrogen-bond donors (Lipinski definition) is 1. The number of anilines is 1. The fourth-order valence-corrected chi connectivity index (χ4v) is 1.72. The molecule has 2 rings (SSSR count). The number of benzene rings is 1. The van der Waals surface area contributed by atoms with E-state index in [-0.39, 0.29) is 0 Å². The van der Waals surface area contributed by atoms with Crippen LogP contribution in [0.1, 0.15) is 6.92 Å². The molecule has 18 heavy (non-hydrogen) atoms. The van der Waals surface area contributed by atoms with Crippen molar-refractivity contribution in [1.82, 2.24) is 9.78 Å². The van der Waals surface area contributed by atoms with Crippen molar-refractivity contribution in [2.24, 2.45) is 7.05 Å². The molecule has 0 fully saturated rings. The van der Waals surface area contributed by atoms with Gasteiger partial charge in [-0.15, -0.1) is 5.10 Å². The van der Waals surface area contributed by atoms with E-state index in [0.29, 0.717) is 11.6 Å². The Bertz CT molecular complexity index is 592. The molecule has 1 aromatic carbocycles. The Morgan fingerprint density at radius 3 is 2.89 bits per heavy atom. The first-order valence-corrected chi connectivity index (χ1v) is 5.49. The van der Waals surface area contributed by atoms with E-state index in [4.69, 9.17) is 10.5 Å². The molecular formula is C12H15N3O3. The second kappa shape index (κ2) is 4.56. The molecule has 0 spiro atoms. The Hall–Kier alpha value is -2.24. The lowest BCUT2D eigenvalue weighted by Crippen LogP contribution is -2.25. The maximum atomic E-state index is 11.3. The van der Waals surface area contributed by atoms with E-state index < -0.39 is 12.1 Å². The van der Waals surface area contributed by atoms with Gasteiger partial charge in [0.15, 0.2) is 6.10 Å². The molecule has 2 aromatic rings. The topological polar surface area (TPSA) is 79.4 Å². The average Bonchev–Trinajstić information content (AvgIpc) is 2.64. The van der Waals surface area contributed by atoms with Crippen LogP contribution in [0.25, 0.3) is 10.9 Å². The highest BCUT2D eigenvalue weighted by Crippen LogP contribution is 2.27. The standard InChI is InChI=1S/C12H15N3O3/c1-7(12(16)17-3)18-11-9-6-8(13)4-5-10(9)15(2)14-11/h4-7H,13H2,1-3H3/t7-/m0/s1. The number of carbonyl (C=O) groups excluding carboxylic acids is 1. The summed E-state index contributed by atoms with van der Waals surface area (Å²) in [6, 6.07) is 5.41. The molecule has 1 atom stereocenters. The number of rotatable bonds is 3. The summed E-state index contributed by atoms with van der Waals surface area (Å²) in [7, 11) is 3.12. The van der Waals surface area contributed by atoms with Crippen LogP contribution in [0.3, 0.4) is 0 Å². The highest BCUT2D eigenvalue weighted by molar-refractivity contribution is 5.87. The molecule has 0 amide bonds. The van der Waals surface area contributed by atoms with Gasteiger partial charge in [-0.1, -0.05) is 0 Å². The quantitative estimate of drug-likeness (QED) is 0.650. The van der Waals surface area contributed by atoms with Gasteiger partial charge in [0.1, 0.15) is 0 Å². The lowest BCUT2D eigenvalue weighted by Gasteiger charge is -2.09. The predicted octanol–water partition coefficient (Wildman–Crippen LogP) is 1.10. The molecular weight excluding hydrogens is 234 g/mol. The third-order valence-electron chi connectivity index (χ3n) is 2.66. The summed E-state index contributed by atoms with van der Waals surface area (Å²) in [5.41, 5.74) is 7.24. The van der Waals surface area contributed by atoms with Crippen LogP contribution in [0.2, 0.25) is 0 Å². The summed E-state index contributed by atoms with van der Waals surface area (Å²) in [5.74, 6) is -0.0737. The van der Waals surface area contributed by atoms with E-state index in [1.165, 1.54) is 7.11 Å². The van der Waals surface area contributed by atoms with Gasteiger partial charge in [0.2, 0.25) is 5.88 Å². The molecule has 1 heterocycles. The van der Waals surface area contributed by atoms with Crippen molar-refractivity contribution >= 4 is 22.6 Å². The molecule has 0 saturated carbocycles. The smallest absolute Gasteiger partial charge is 0.346 e. The maximum Gasteiger partial charge on any atom is 0.346 e. The van der Waals surface area contributed by atoms with Crippen LogP contribution in [0.15, 0.2) is 18.2 Å². The van der Waals surface area contributed by atoms with Gasteiger partial charge in [0.05, 0.1) is 18.0 Å². The summed E-state index contributed by atoms with van der Waals surface area (Å²) < 4.78 is 11.8. The molecule has 6 heteroatoms. The number of aromatic nitrogens is 2. The van der Waals surface area contributed by atoms with Crippen LogP contribution >= 0.6 is 0 Å². The van der Waals surface area contributed by atoms with E-state index in [2.05, 4.69) is 9.84 Å². The second-order valence-corrected chi connectivity index (χ2v) is 3.99. The Morgan fingerprint density at radius 1 is 1.50 bits per heavy atom. The minimum atomic E-state index is -0.713. The van der Waals surface area contributed by atoms with Gasteiger partial charge >= 0.3 is 5.97 Å². The molecule has 0 aliphatic rings. The van der Waals surface area contributed by atoms with Crippen LogP contribution in [-0.4, -0.2) is 29.0 Å². The molecule has 0 aliphatic heterocycles. The zero-order valence-corrected chi connectivity index (χ0v) is 10.5. The van der Waals surface area contributed by atoms with Crippen molar-refractivity contribution in [3.05, 3.63) is 18.2 Å². The van der Waals surface area contributed by atoms with E-state index in [0.717, 1.165) is 10.9 Å². The fraction of sp³-hybridized carbons (Fsp3) is 0.333. The monoisotopic (exact) mass is 249 g/mol. The zero-order valence-electron chi connectivity index (χ0n) is 10.5. The van der Waals surface area contributed by atoms with Gasteiger partial charge in [-0.25, -0.2) is 4.79 Å². The fourth-order valence-electron chi connectivity index (χ4n) is 1.72. The summed E-state index contributed by atoms with van der Waals surface area (Å²) in [6.45, 7) is 1.61. The van der Waals surface area contributed by atoms with Crippen LogP contribution < -0.4 is 10.5 Å². The van der Waals surface area contributed by atoms with Crippen molar-refractivity contribution in [1.29, 1.82) is 0 Å². The molecule has 1 aromatic heterocycles. The number of aryl methyl sites for hydroxylation is 1. The molecule has 0 radical (unpaired) electrons. The Kier molecular flexibility index (Phi) is 3.10. The van der Waals surface area contributed by atoms with Crippen LogP contribution in [-0.2, 0) is 16.6 Å². The number of nitrogens with zero attached hydrogens (tertiary/aromatic N) is 2. The number of fused-ring (bicyclic) bond motifs is 1. The third-order valence-corrected chi connectivity index (χ3v) is 2.66. The number of nitrogen functional groups attached to an aromatic ring is 1. The van der Waals surface area contributed by atoms with Gasteiger partial charge in [0.25, 0.3) is 0 Å². The number of carbonyl (C=O) groups is 1. The molecule has 96 valence electrons. The number of esters is 1. The Morgan fingerprint density at radius 2 is 2.22 bits per heavy atom. The summed E-state index contributed by atoms with van der Waals surface area (Å²) in [6.07, 6.45) is -0.713. The maximum absolute atomic E-state index is 11.3. The van der Waals surface area contributed by atoms with E-state index in [9.17, 15) is 4.79 Å². The zero-order chi connectivity index (χ0) is 13.3. The van der Waals surface area contributed by atoms with Crippen molar-refractivity contribution in [2.45, 2.75) is 13.0 Å². The van der Waals surface area contributed by atoms with Crippen molar-refractivity contribution in [3.8, 4) is 5.88 Å². The largest absolute Gasteiger partial charge is 0.466 e. The van der Waals surface area contributed by atoms with Crippen LogP contribution in [0, 0.1) is 0 Å². The Labute approximate surface area is 104 Å². The number of hydrogen-bond acceptors (Lipinski definition) is 5. The van der Waals surface area contributed by atoms with E-state index in [1.807, 2.05) is 6.07 Å². The van der Waals surface area contributed by atoms with Crippen molar-refractivity contribution < 1.29 is 14.3 Å². The van der Waals surface area contributed by atoms with Gasteiger partial charge in [0, 0.05) is 12.7 Å². The molecule has 0 saturated heterocycles. The molecule has 0 bridgehead atoms. The molecule has 0 aliphatic carbocycles. The molecule has 0 unspecified atom stereocenters. The minimum Gasteiger partial charge on any atom is -0.466 e. The molecule has 6 nitrogen and oxygen atoms in total. The summed E-state index contributed by atoms with van der Waals surface area (Å²) in [4.78, 5) is 11.3. The SMILES string of the molecule is COC(=O)[C@H](C)Oc1nn(C)c2ccc(N)cc12. The second-order valence-electron chi connectivity index (χ2n) is 3.99. The normalized spacial score (nSPS) is 12.4. The van der Waals surface area contributed by atoms with Gasteiger partial charge in [-0.05, 0) is 25.1 Å². The highest BCUT2D eigenvalue weighted by atomic mass is 16.6. The van der Waals surface area contributed by atoms with E-state index >= 15 is 0 Å². The van der Waals surface area contributed by atoms with Crippen LogP contribution in [0.5, 0.6) is 5.88 Å². The third kappa shape index (κ3) is 2.09. The minimum absolute atomic E-state index is 0.373. The first-order valence-electron chi connectivity index (χ1n) is 5.49. The van der Waals surface area contributed by atoms with Crippen LogP contribution in [0.4, 0.5) is 5.69 Å². The summed E-state index contributed by atoms with van der Waals surface area (Å²) in [5, 5.41) is 4.99. The first-order chi connectivity index (χ1) is 8.52. The van der Waals surface area contributed by atoms with Crippen molar-refractivity contribution in [2.75, 3.05) is 12.8 Å². The van der Waals surface area contributed by atoms with Crippen molar-refractivity contribution in [3.63, 3.8) is 0 Å². The molecule has 2 N–H and O–H groups in total. The summed E-state index contributed by atoms with van der Waals surface area (Å²) >= 11 is 0. The van der Waals surface area contributed by atoms with Gasteiger partial charge in [-0.2, -0.15) is 0 Å².